The van der Waals surface area contributed by atoms with Crippen LogP contribution in [0.25, 0.3) is 0 Å². The first kappa shape index (κ1) is 30.5. The predicted molar refractivity (Wildman–Crippen MR) is 140 cm³/mol. The largest absolute Gasteiger partial charge is 0.514 e. The van der Waals surface area contributed by atoms with Crippen molar-refractivity contribution in [3.63, 3.8) is 0 Å². The van der Waals surface area contributed by atoms with Gasteiger partial charge in [0.2, 0.25) is 11.8 Å². The number of nitrogens with two attached hydrogens (primary N) is 3. The molecule has 0 aliphatic rings. The van der Waals surface area contributed by atoms with Gasteiger partial charge in [-0.3, -0.25) is 24.6 Å². The Labute approximate surface area is 224 Å². The molecule has 2 atom stereocenters. The van der Waals surface area contributed by atoms with Crippen LogP contribution in [-0.2, 0) is 20.9 Å². The van der Waals surface area contributed by atoms with E-state index in [1.807, 2.05) is 0 Å². The van der Waals surface area contributed by atoms with Gasteiger partial charge in [-0.1, -0.05) is 26.0 Å². The number of nitro benzene ring substituents is 1. The summed E-state index contributed by atoms with van der Waals surface area (Å²) in [6, 6.07) is 8.52. The number of nitrogens with one attached hydrogen (secondary N) is 1. The van der Waals surface area contributed by atoms with Gasteiger partial charge in [0.05, 0.1) is 11.0 Å². The summed E-state index contributed by atoms with van der Waals surface area (Å²) in [5.74, 6) is -1.41. The molecule has 4 amide bonds. The molecule has 14 nitrogen and oxygen atoms in total. The maximum absolute atomic E-state index is 13.3. The molecule has 2 aromatic rings. The van der Waals surface area contributed by atoms with Gasteiger partial charge < -0.3 is 32.0 Å². The number of ether oxygens (including phenoxy) is 2. The Bertz CT molecular complexity index is 1170. The van der Waals surface area contributed by atoms with Gasteiger partial charge in [-0.25, -0.2) is 9.59 Å². The predicted octanol–water partition coefficient (Wildman–Crippen LogP) is 1.93. The third-order valence-electron chi connectivity index (χ3n) is 5.65. The van der Waals surface area contributed by atoms with Gasteiger partial charge in [0.15, 0.2) is 0 Å². The molecule has 0 bridgehead atoms. The Kier molecular flexibility index (Phi) is 11.2. The maximum Gasteiger partial charge on any atom is 0.514 e. The van der Waals surface area contributed by atoms with Crippen LogP contribution in [0, 0.1) is 16.0 Å². The van der Waals surface area contributed by atoms with Crippen LogP contribution in [0.1, 0.15) is 32.3 Å². The van der Waals surface area contributed by atoms with Crippen molar-refractivity contribution in [1.29, 1.82) is 0 Å². The fourth-order valence-corrected chi connectivity index (χ4v) is 3.47. The average molecular weight is 545 g/mol. The third kappa shape index (κ3) is 9.27. The van der Waals surface area contributed by atoms with Crippen LogP contribution in [0.4, 0.5) is 21.0 Å². The van der Waals surface area contributed by atoms with E-state index >= 15 is 0 Å². The van der Waals surface area contributed by atoms with Gasteiger partial charge in [-0.05, 0) is 48.6 Å². The molecule has 2 rings (SSSR count). The van der Waals surface area contributed by atoms with Crippen LogP contribution in [0.5, 0.6) is 5.75 Å². The van der Waals surface area contributed by atoms with Crippen LogP contribution >= 0.6 is 0 Å². The minimum Gasteiger partial charge on any atom is -0.429 e. The minimum atomic E-state index is -1.05. The number of primary amides is 2. The Morgan fingerprint density at radius 2 is 1.64 bits per heavy atom. The first-order valence-corrected chi connectivity index (χ1v) is 12.0. The quantitative estimate of drug-likeness (QED) is 0.0948. The van der Waals surface area contributed by atoms with Gasteiger partial charge in [-0.2, -0.15) is 0 Å². The van der Waals surface area contributed by atoms with E-state index in [0.29, 0.717) is 17.7 Å². The molecular formula is C25H32N6O8. The number of non-ortho nitro benzene ring substituents is 1. The number of rotatable bonds is 13. The lowest BCUT2D eigenvalue weighted by Gasteiger charge is -2.33. The van der Waals surface area contributed by atoms with Crippen LogP contribution in [0.3, 0.4) is 0 Å². The maximum atomic E-state index is 13.3. The molecule has 39 heavy (non-hydrogen) atoms. The van der Waals surface area contributed by atoms with Crippen molar-refractivity contribution in [3.8, 4) is 5.75 Å². The molecule has 210 valence electrons. The number of hydrogen-bond donors (Lipinski definition) is 4. The second kappa shape index (κ2) is 14.3. The summed E-state index contributed by atoms with van der Waals surface area (Å²) in [5, 5.41) is 13.1. The number of anilines is 1. The van der Waals surface area contributed by atoms with E-state index in [4.69, 9.17) is 26.7 Å². The molecule has 0 saturated heterocycles. The van der Waals surface area contributed by atoms with E-state index in [2.05, 4.69) is 5.32 Å². The van der Waals surface area contributed by atoms with Crippen LogP contribution < -0.4 is 32.2 Å². The fourth-order valence-electron chi connectivity index (χ4n) is 3.47. The molecule has 7 N–H and O–H groups in total. The first-order chi connectivity index (χ1) is 18.4. The summed E-state index contributed by atoms with van der Waals surface area (Å²) < 4.78 is 10.1. The lowest BCUT2D eigenvalue weighted by atomic mass is 10.00. The zero-order chi connectivity index (χ0) is 29.1. The monoisotopic (exact) mass is 544 g/mol. The third-order valence-corrected chi connectivity index (χ3v) is 5.65. The summed E-state index contributed by atoms with van der Waals surface area (Å²) in [7, 11) is 0. The van der Waals surface area contributed by atoms with Gasteiger partial charge in [0.1, 0.15) is 18.4 Å². The zero-order valence-electron chi connectivity index (χ0n) is 21.6. The molecule has 0 aromatic heterocycles. The molecule has 14 heteroatoms. The molecule has 0 heterocycles. The highest BCUT2D eigenvalue weighted by molar-refractivity contribution is 6.03. The fraction of sp³-hybridized carbons (Fsp3) is 0.360. The van der Waals surface area contributed by atoms with Crippen molar-refractivity contribution >= 4 is 35.4 Å². The first-order valence-electron chi connectivity index (χ1n) is 12.0. The van der Waals surface area contributed by atoms with Crippen molar-refractivity contribution in [2.75, 3.05) is 11.4 Å². The average Bonchev–Trinajstić information content (AvgIpc) is 2.88. The molecule has 0 radical (unpaired) electrons. The summed E-state index contributed by atoms with van der Waals surface area (Å²) in [6.45, 7) is 3.55. The number of nitro groups is 1. The van der Waals surface area contributed by atoms with Crippen molar-refractivity contribution in [2.45, 2.75) is 45.4 Å². The molecule has 0 unspecified atom stereocenters. The number of urea groups is 1. The summed E-state index contributed by atoms with van der Waals surface area (Å²) in [6.07, 6.45) is -0.558. The van der Waals surface area contributed by atoms with Gasteiger partial charge >= 0.3 is 12.2 Å². The van der Waals surface area contributed by atoms with E-state index < -0.39 is 41.0 Å². The second-order valence-electron chi connectivity index (χ2n) is 8.89. The number of amides is 4. The highest BCUT2D eigenvalue weighted by Gasteiger charge is 2.33. The van der Waals surface area contributed by atoms with Gasteiger partial charge in [-0.15, -0.1) is 0 Å². The molecule has 2 aromatic carbocycles. The van der Waals surface area contributed by atoms with Crippen LogP contribution in [0.2, 0.25) is 0 Å². The van der Waals surface area contributed by atoms with Gasteiger partial charge in [0.25, 0.3) is 5.69 Å². The van der Waals surface area contributed by atoms with Crippen LogP contribution in [-0.4, -0.2) is 47.6 Å². The van der Waals surface area contributed by atoms with Crippen LogP contribution in [0.15, 0.2) is 48.5 Å². The molecule has 0 aliphatic carbocycles. The number of hydrogen-bond acceptors (Lipinski definition) is 9. The summed E-state index contributed by atoms with van der Waals surface area (Å²) >= 11 is 0. The normalized spacial score (nSPS) is 12.2. The van der Waals surface area contributed by atoms with Crippen molar-refractivity contribution in [2.24, 2.45) is 23.1 Å². The van der Waals surface area contributed by atoms with Crippen molar-refractivity contribution < 1.29 is 33.6 Å². The summed E-state index contributed by atoms with van der Waals surface area (Å²) in [5.41, 5.74) is 17.5. The SMILES string of the molecule is CC(C)[C@H](N)C(=O)N(c1ccc(COC(=O)Oc2ccc([N+](=O)[O-])cc2)cc1)[C@H](CCCNC(N)=O)C(N)=O. The Morgan fingerprint density at radius 3 is 2.15 bits per heavy atom. The number of carbonyl (C=O) groups is 4. The molecule has 0 fully saturated rings. The zero-order valence-corrected chi connectivity index (χ0v) is 21.6. The summed E-state index contributed by atoms with van der Waals surface area (Å²) in [4.78, 5) is 60.0. The molecule has 0 aliphatic heterocycles. The molecule has 0 saturated carbocycles. The van der Waals surface area contributed by atoms with Crippen molar-refractivity contribution in [3.05, 3.63) is 64.2 Å². The molecule has 0 spiro atoms. The topological polar surface area (TPSA) is 223 Å². The van der Waals surface area contributed by atoms with E-state index in [1.54, 1.807) is 38.1 Å². The van der Waals surface area contributed by atoms with E-state index in [-0.39, 0.29) is 36.9 Å². The lowest BCUT2D eigenvalue weighted by Crippen LogP contribution is -2.55. The standard InChI is InChI=1S/C25H32N6O8/c1-15(2)21(26)23(33)30(20(22(27)32)4-3-13-29-24(28)34)17-7-5-16(6-8-17)14-38-25(35)39-19-11-9-18(10-12-19)31(36)37/h5-12,15,20-21H,3-4,13-14,26H2,1-2H3,(H2,27,32)(H3,28,29,34)/t20-,21+/m1/s1. The van der Waals surface area contributed by atoms with E-state index in [0.717, 1.165) is 0 Å². The highest BCUT2D eigenvalue weighted by atomic mass is 16.7. The van der Waals surface area contributed by atoms with E-state index in [9.17, 15) is 29.3 Å². The van der Waals surface area contributed by atoms with Gasteiger partial charge in [0, 0.05) is 24.4 Å². The number of nitrogens with zero attached hydrogens (tertiary/aromatic N) is 2. The van der Waals surface area contributed by atoms with Crippen molar-refractivity contribution in [1.82, 2.24) is 5.32 Å². The Hall–Kier alpha value is -4.72. The Morgan fingerprint density at radius 1 is 1.03 bits per heavy atom. The number of benzene rings is 2. The lowest BCUT2D eigenvalue weighted by molar-refractivity contribution is -0.384. The Balaban J connectivity index is 2.13. The smallest absolute Gasteiger partial charge is 0.429 e. The van der Waals surface area contributed by atoms with E-state index in [1.165, 1.54) is 29.2 Å². The molecular weight excluding hydrogens is 512 g/mol. The highest BCUT2D eigenvalue weighted by Crippen LogP contribution is 2.23. The number of carbonyl (C=O) groups excluding carboxylic acids is 4. The minimum absolute atomic E-state index is 0.0696. The second-order valence-corrected chi connectivity index (χ2v) is 8.89.